The van der Waals surface area contributed by atoms with Gasteiger partial charge in [-0.25, -0.2) is 4.98 Å². The largest absolute Gasteiger partial charge is 0.396 e. The normalized spacial score (nSPS) is 11.5. The fourth-order valence-electron chi connectivity index (χ4n) is 1.16. The van der Waals surface area contributed by atoms with Crippen LogP contribution in [0.15, 0.2) is 12.3 Å². The molecule has 3 nitrogen and oxygen atoms in total. The molecule has 0 aliphatic carbocycles. The molecule has 0 spiro atoms. The third-order valence-corrected chi connectivity index (χ3v) is 2.26. The minimum absolute atomic E-state index is 0.314. The van der Waals surface area contributed by atoms with E-state index in [1.807, 2.05) is 0 Å². The number of rotatable bonds is 3. The van der Waals surface area contributed by atoms with Crippen LogP contribution in [0, 0.1) is 5.41 Å². The molecule has 0 unspecified atom stereocenters. The summed E-state index contributed by atoms with van der Waals surface area (Å²) < 4.78 is 0. The van der Waals surface area contributed by atoms with Crippen LogP contribution in [0.25, 0.3) is 0 Å². The van der Waals surface area contributed by atoms with Gasteiger partial charge in [0.05, 0.1) is 10.7 Å². The molecule has 3 N–H and O–H groups in total. The zero-order valence-corrected chi connectivity index (χ0v) is 10.2. The number of nitrogens with two attached hydrogens (primary N) is 1. The van der Waals surface area contributed by atoms with E-state index in [4.69, 9.17) is 17.3 Å². The molecule has 1 aromatic heterocycles. The summed E-state index contributed by atoms with van der Waals surface area (Å²) >= 11 is 5.75. The number of halogens is 1. The Labute approximate surface area is 96.0 Å². The van der Waals surface area contributed by atoms with E-state index in [0.717, 1.165) is 13.0 Å². The maximum absolute atomic E-state index is 5.76. The van der Waals surface area contributed by atoms with Crippen LogP contribution in [-0.4, -0.2) is 11.5 Å². The van der Waals surface area contributed by atoms with Gasteiger partial charge in [-0.05, 0) is 17.9 Å². The van der Waals surface area contributed by atoms with Gasteiger partial charge < -0.3 is 11.1 Å². The molecule has 4 heteroatoms. The zero-order valence-electron chi connectivity index (χ0n) is 9.47. The van der Waals surface area contributed by atoms with Gasteiger partial charge in [-0.1, -0.05) is 32.4 Å². The second-order valence-electron chi connectivity index (χ2n) is 4.83. The average molecular weight is 228 g/mol. The molecule has 0 amide bonds. The lowest BCUT2D eigenvalue weighted by Crippen LogP contribution is -2.14. The summed E-state index contributed by atoms with van der Waals surface area (Å²) in [6.07, 6.45) is 2.66. The summed E-state index contributed by atoms with van der Waals surface area (Å²) in [5.41, 5.74) is 6.67. The Balaban J connectivity index is 2.51. The number of aromatic nitrogens is 1. The predicted octanol–water partition coefficient (Wildman–Crippen LogP) is 3.17. The summed E-state index contributed by atoms with van der Waals surface area (Å²) in [4.78, 5) is 4.13. The smallest absolute Gasteiger partial charge is 0.149 e. The third-order valence-electron chi connectivity index (χ3n) is 2.05. The van der Waals surface area contributed by atoms with E-state index in [-0.39, 0.29) is 0 Å². The zero-order chi connectivity index (χ0) is 11.5. The van der Waals surface area contributed by atoms with Crippen molar-refractivity contribution < 1.29 is 0 Å². The van der Waals surface area contributed by atoms with Gasteiger partial charge in [0.1, 0.15) is 5.82 Å². The van der Waals surface area contributed by atoms with Crippen molar-refractivity contribution in [1.82, 2.24) is 4.98 Å². The number of nitrogen functional groups attached to an aromatic ring is 1. The molecule has 15 heavy (non-hydrogen) atoms. The molecule has 1 aromatic rings. The quantitative estimate of drug-likeness (QED) is 0.834. The molecule has 0 bridgehead atoms. The minimum atomic E-state index is 0.314. The van der Waals surface area contributed by atoms with Crippen molar-refractivity contribution in [3.63, 3.8) is 0 Å². The van der Waals surface area contributed by atoms with E-state index < -0.39 is 0 Å². The lowest BCUT2D eigenvalue weighted by atomic mass is 9.92. The molecular formula is C11H18ClN3. The molecule has 0 fully saturated rings. The number of nitrogens with zero attached hydrogens (tertiary/aromatic N) is 1. The summed E-state index contributed by atoms with van der Waals surface area (Å²) in [7, 11) is 0. The van der Waals surface area contributed by atoms with Crippen molar-refractivity contribution in [3.8, 4) is 0 Å². The highest BCUT2D eigenvalue weighted by atomic mass is 35.5. The van der Waals surface area contributed by atoms with E-state index in [9.17, 15) is 0 Å². The van der Waals surface area contributed by atoms with Gasteiger partial charge in [0.25, 0.3) is 0 Å². The summed E-state index contributed by atoms with van der Waals surface area (Å²) in [5, 5.41) is 3.77. The van der Waals surface area contributed by atoms with Gasteiger partial charge in [0.2, 0.25) is 0 Å². The fourth-order valence-corrected chi connectivity index (χ4v) is 1.32. The molecule has 84 valence electrons. The van der Waals surface area contributed by atoms with Crippen molar-refractivity contribution >= 4 is 23.1 Å². The Morgan fingerprint density at radius 3 is 2.67 bits per heavy atom. The molecule has 0 atom stereocenters. The van der Waals surface area contributed by atoms with Crippen LogP contribution >= 0.6 is 11.6 Å². The number of pyridine rings is 1. The Morgan fingerprint density at radius 1 is 1.47 bits per heavy atom. The second kappa shape index (κ2) is 4.71. The molecule has 1 heterocycles. The Kier molecular flexibility index (Phi) is 3.80. The first-order valence-electron chi connectivity index (χ1n) is 5.03. The Hall–Kier alpha value is -0.960. The van der Waals surface area contributed by atoms with Crippen molar-refractivity contribution in [2.45, 2.75) is 27.2 Å². The number of nitrogens with one attached hydrogen (secondary N) is 1. The van der Waals surface area contributed by atoms with E-state index in [1.165, 1.54) is 0 Å². The SMILES string of the molecule is CC(C)(C)CCNc1ncc(Cl)cc1N. The number of hydrogen-bond donors (Lipinski definition) is 2. The highest BCUT2D eigenvalue weighted by molar-refractivity contribution is 6.30. The van der Waals surface area contributed by atoms with E-state index in [2.05, 4.69) is 31.1 Å². The second-order valence-corrected chi connectivity index (χ2v) is 5.27. The lowest BCUT2D eigenvalue weighted by molar-refractivity contribution is 0.389. The Morgan fingerprint density at radius 2 is 2.13 bits per heavy atom. The van der Waals surface area contributed by atoms with Crippen LogP contribution < -0.4 is 11.1 Å². The van der Waals surface area contributed by atoms with Crippen LogP contribution in [-0.2, 0) is 0 Å². The first kappa shape index (κ1) is 12.1. The van der Waals surface area contributed by atoms with Crippen LogP contribution in [0.3, 0.4) is 0 Å². The van der Waals surface area contributed by atoms with E-state index in [1.54, 1.807) is 12.3 Å². The lowest BCUT2D eigenvalue weighted by Gasteiger charge is -2.18. The molecule has 0 aliphatic heterocycles. The first-order chi connectivity index (χ1) is 6.88. The highest BCUT2D eigenvalue weighted by Gasteiger charge is 2.09. The predicted molar refractivity (Wildman–Crippen MR) is 66.2 cm³/mol. The van der Waals surface area contributed by atoms with Crippen molar-refractivity contribution in [2.75, 3.05) is 17.6 Å². The molecule has 0 radical (unpaired) electrons. The first-order valence-corrected chi connectivity index (χ1v) is 5.41. The van der Waals surface area contributed by atoms with Crippen molar-refractivity contribution in [2.24, 2.45) is 5.41 Å². The van der Waals surface area contributed by atoms with Crippen LogP contribution in [0.4, 0.5) is 11.5 Å². The van der Waals surface area contributed by atoms with Crippen molar-refractivity contribution in [1.29, 1.82) is 0 Å². The molecule has 0 saturated heterocycles. The molecule has 0 saturated carbocycles. The van der Waals surface area contributed by atoms with E-state index >= 15 is 0 Å². The topological polar surface area (TPSA) is 50.9 Å². The van der Waals surface area contributed by atoms with Gasteiger partial charge in [-0.15, -0.1) is 0 Å². The fraction of sp³-hybridized carbons (Fsp3) is 0.545. The maximum Gasteiger partial charge on any atom is 0.149 e. The summed E-state index contributed by atoms with van der Waals surface area (Å²) in [6, 6.07) is 1.70. The van der Waals surface area contributed by atoms with Crippen molar-refractivity contribution in [3.05, 3.63) is 17.3 Å². The van der Waals surface area contributed by atoms with Gasteiger partial charge in [0, 0.05) is 12.7 Å². The van der Waals surface area contributed by atoms with Crippen LogP contribution in [0.5, 0.6) is 0 Å². The molecule has 0 aromatic carbocycles. The van der Waals surface area contributed by atoms with Gasteiger partial charge >= 0.3 is 0 Å². The number of anilines is 2. The summed E-state index contributed by atoms with van der Waals surface area (Å²) in [6.45, 7) is 7.47. The molecule has 0 aliphatic rings. The van der Waals surface area contributed by atoms with Gasteiger partial charge in [-0.3, -0.25) is 0 Å². The number of hydrogen-bond acceptors (Lipinski definition) is 3. The summed E-state index contributed by atoms with van der Waals surface area (Å²) in [5.74, 6) is 0.712. The Bertz CT molecular complexity index is 331. The standard InChI is InChI=1S/C11H18ClN3/c1-11(2,3)4-5-14-10-9(13)6-8(12)7-15-10/h6-7H,4-5,13H2,1-3H3,(H,14,15). The van der Waals surface area contributed by atoms with Gasteiger partial charge in [-0.2, -0.15) is 0 Å². The molecular weight excluding hydrogens is 210 g/mol. The van der Waals surface area contributed by atoms with Crippen LogP contribution in [0.1, 0.15) is 27.2 Å². The minimum Gasteiger partial charge on any atom is -0.396 e. The van der Waals surface area contributed by atoms with E-state index in [0.29, 0.717) is 21.9 Å². The average Bonchev–Trinajstić information content (AvgIpc) is 2.07. The van der Waals surface area contributed by atoms with Crippen LogP contribution in [0.2, 0.25) is 5.02 Å². The maximum atomic E-state index is 5.76. The monoisotopic (exact) mass is 227 g/mol. The highest BCUT2D eigenvalue weighted by Crippen LogP contribution is 2.21. The van der Waals surface area contributed by atoms with Gasteiger partial charge in [0.15, 0.2) is 0 Å². The molecule has 1 rings (SSSR count). The third kappa shape index (κ3) is 4.38.